The van der Waals surface area contributed by atoms with Gasteiger partial charge < -0.3 is 19.9 Å². The molecule has 2 heterocycles. The van der Waals surface area contributed by atoms with Gasteiger partial charge in [-0.2, -0.15) is 0 Å². The largest absolute Gasteiger partial charge is 0.378 e. The number of ether oxygens (including phenoxy) is 1. The Balaban J connectivity index is 1.36. The monoisotopic (exact) mass is 451 g/mol. The number of β-lactam (4-membered cyclic amide) rings is 1. The number of nitrogens with one attached hydrogen (secondary N) is 1. The Hall–Kier alpha value is -2.93. The van der Waals surface area contributed by atoms with E-state index < -0.39 is 5.54 Å². The van der Waals surface area contributed by atoms with Crippen molar-refractivity contribution >= 4 is 23.2 Å². The lowest BCUT2D eigenvalue weighted by Crippen LogP contribution is -2.65. The van der Waals surface area contributed by atoms with E-state index in [2.05, 4.69) is 10.2 Å². The zero-order valence-electron chi connectivity index (χ0n) is 18.8. The fraction of sp³-hybridized carbons (Fsp3) is 0.462. The van der Waals surface area contributed by atoms with Crippen molar-refractivity contribution in [1.82, 2.24) is 4.90 Å². The average molecular weight is 452 g/mol. The quantitative estimate of drug-likeness (QED) is 0.690. The summed E-state index contributed by atoms with van der Waals surface area (Å²) in [6.45, 7) is 3.16. The van der Waals surface area contributed by atoms with Crippen LogP contribution < -0.4 is 10.2 Å². The zero-order chi connectivity index (χ0) is 22.8. The number of hydrogen-bond donors (Lipinski definition) is 1. The lowest BCUT2D eigenvalue weighted by molar-refractivity contribution is -0.166. The van der Waals surface area contributed by atoms with Crippen molar-refractivity contribution < 1.29 is 18.7 Å². The highest BCUT2D eigenvalue weighted by atomic mass is 19.1. The van der Waals surface area contributed by atoms with Gasteiger partial charge in [0.1, 0.15) is 11.4 Å². The normalized spacial score (nSPS) is 22.6. The molecule has 3 fully saturated rings. The second kappa shape index (κ2) is 9.14. The summed E-state index contributed by atoms with van der Waals surface area (Å²) < 4.78 is 18.9. The van der Waals surface area contributed by atoms with Gasteiger partial charge in [0.2, 0.25) is 11.8 Å². The van der Waals surface area contributed by atoms with E-state index in [4.69, 9.17) is 4.74 Å². The van der Waals surface area contributed by atoms with Crippen molar-refractivity contribution in [3.63, 3.8) is 0 Å². The molecule has 3 aliphatic rings. The molecule has 2 saturated heterocycles. The minimum atomic E-state index is -0.866. The van der Waals surface area contributed by atoms with Gasteiger partial charge in [0.15, 0.2) is 0 Å². The maximum Gasteiger partial charge on any atom is 0.250 e. The molecule has 33 heavy (non-hydrogen) atoms. The molecule has 0 aromatic heterocycles. The van der Waals surface area contributed by atoms with Crippen LogP contribution in [0.3, 0.4) is 0 Å². The van der Waals surface area contributed by atoms with Crippen LogP contribution in [0, 0.1) is 5.82 Å². The van der Waals surface area contributed by atoms with Crippen LogP contribution in [0.15, 0.2) is 48.5 Å². The van der Waals surface area contributed by atoms with Crippen molar-refractivity contribution in [2.75, 3.05) is 36.5 Å². The van der Waals surface area contributed by atoms with E-state index in [-0.39, 0.29) is 23.7 Å². The van der Waals surface area contributed by atoms with Crippen LogP contribution >= 0.6 is 0 Å². The third-order valence-corrected chi connectivity index (χ3v) is 7.27. The number of carbonyl (C=O) groups is 2. The highest BCUT2D eigenvalue weighted by molar-refractivity contribution is 6.02. The van der Waals surface area contributed by atoms with Crippen LogP contribution in [0.25, 0.3) is 0 Å². The number of halogens is 1. The van der Waals surface area contributed by atoms with Gasteiger partial charge in [0.25, 0.3) is 0 Å². The Labute approximate surface area is 193 Å². The lowest BCUT2D eigenvalue weighted by Gasteiger charge is -2.54. The van der Waals surface area contributed by atoms with Gasteiger partial charge >= 0.3 is 0 Å². The third-order valence-electron chi connectivity index (χ3n) is 7.27. The molecule has 1 unspecified atom stereocenters. The molecule has 7 heteroatoms. The first-order valence-electron chi connectivity index (χ1n) is 11.9. The van der Waals surface area contributed by atoms with E-state index in [1.807, 2.05) is 24.3 Å². The van der Waals surface area contributed by atoms with Crippen LogP contribution in [0.2, 0.25) is 0 Å². The molecule has 1 saturated carbocycles. The third kappa shape index (κ3) is 4.22. The Morgan fingerprint density at radius 3 is 2.27 bits per heavy atom. The minimum absolute atomic E-state index is 0.0101. The second-order valence-corrected chi connectivity index (χ2v) is 9.23. The van der Waals surface area contributed by atoms with Crippen LogP contribution in [0.5, 0.6) is 0 Å². The SMILES string of the molecule is O=C1CC(c2ccc(F)cc2)N1C1(C(=O)Nc2ccc(N3CCOCC3)cc2)CCCCC1. The molecule has 1 N–H and O–H groups in total. The maximum atomic E-state index is 13.7. The summed E-state index contributed by atoms with van der Waals surface area (Å²) in [6.07, 6.45) is 4.52. The molecule has 2 aliphatic heterocycles. The number of morpholine rings is 1. The first kappa shape index (κ1) is 21.9. The highest BCUT2D eigenvalue weighted by Crippen LogP contribution is 2.46. The van der Waals surface area contributed by atoms with Crippen molar-refractivity contribution in [1.29, 1.82) is 0 Å². The zero-order valence-corrected chi connectivity index (χ0v) is 18.8. The maximum absolute atomic E-state index is 13.7. The molecular weight excluding hydrogens is 421 g/mol. The van der Waals surface area contributed by atoms with E-state index in [1.54, 1.807) is 17.0 Å². The van der Waals surface area contributed by atoms with Gasteiger partial charge in [-0.3, -0.25) is 9.59 Å². The molecule has 5 rings (SSSR count). The van der Waals surface area contributed by atoms with Gasteiger partial charge in [-0.1, -0.05) is 31.4 Å². The van der Waals surface area contributed by atoms with E-state index in [1.165, 1.54) is 12.1 Å². The number of likely N-dealkylation sites (tertiary alicyclic amines) is 1. The van der Waals surface area contributed by atoms with E-state index >= 15 is 0 Å². The summed E-state index contributed by atoms with van der Waals surface area (Å²) in [5.41, 5.74) is 1.85. The Morgan fingerprint density at radius 1 is 0.970 bits per heavy atom. The molecular formula is C26H30FN3O3. The number of rotatable bonds is 5. The summed E-state index contributed by atoms with van der Waals surface area (Å²) in [5, 5.41) is 3.10. The number of amides is 2. The molecule has 2 amide bonds. The van der Waals surface area contributed by atoms with Crippen LogP contribution in [-0.4, -0.2) is 48.6 Å². The molecule has 6 nitrogen and oxygen atoms in total. The van der Waals surface area contributed by atoms with Crippen molar-refractivity contribution in [2.45, 2.75) is 50.1 Å². The average Bonchev–Trinajstić information content (AvgIpc) is 2.85. The lowest BCUT2D eigenvalue weighted by atomic mass is 9.75. The number of hydrogen-bond acceptors (Lipinski definition) is 4. The van der Waals surface area contributed by atoms with Gasteiger partial charge in [-0.25, -0.2) is 4.39 Å². The molecule has 1 aliphatic carbocycles. The van der Waals surface area contributed by atoms with Gasteiger partial charge in [-0.05, 0) is 54.8 Å². The highest BCUT2D eigenvalue weighted by Gasteiger charge is 2.54. The predicted octanol–water partition coefficient (Wildman–Crippen LogP) is 4.28. The van der Waals surface area contributed by atoms with Gasteiger partial charge in [0.05, 0.1) is 25.7 Å². The van der Waals surface area contributed by atoms with Crippen molar-refractivity contribution in [3.05, 3.63) is 59.9 Å². The van der Waals surface area contributed by atoms with Gasteiger partial charge in [0, 0.05) is 24.5 Å². The number of nitrogens with zero attached hydrogens (tertiary/aromatic N) is 2. The van der Waals surface area contributed by atoms with Crippen LogP contribution in [0.4, 0.5) is 15.8 Å². The summed E-state index contributed by atoms with van der Waals surface area (Å²) in [5.74, 6) is -0.438. The second-order valence-electron chi connectivity index (χ2n) is 9.23. The van der Waals surface area contributed by atoms with Crippen molar-refractivity contribution in [3.8, 4) is 0 Å². The van der Waals surface area contributed by atoms with Crippen LogP contribution in [-0.2, 0) is 14.3 Å². The summed E-state index contributed by atoms with van der Waals surface area (Å²) in [6, 6.07) is 14.0. The van der Waals surface area contributed by atoms with Crippen molar-refractivity contribution in [2.24, 2.45) is 0 Å². The molecule has 2 aromatic carbocycles. The van der Waals surface area contributed by atoms with Crippen LogP contribution in [0.1, 0.15) is 50.1 Å². The molecule has 0 radical (unpaired) electrons. The summed E-state index contributed by atoms with van der Waals surface area (Å²) >= 11 is 0. The fourth-order valence-electron chi connectivity index (χ4n) is 5.44. The van der Waals surface area contributed by atoms with E-state index in [9.17, 15) is 14.0 Å². The minimum Gasteiger partial charge on any atom is -0.378 e. The number of anilines is 2. The molecule has 1 atom stereocenters. The Morgan fingerprint density at radius 2 is 1.64 bits per heavy atom. The van der Waals surface area contributed by atoms with E-state index in [0.29, 0.717) is 19.3 Å². The Bertz CT molecular complexity index is 996. The Kier molecular flexibility index (Phi) is 6.06. The number of carbonyl (C=O) groups excluding carboxylic acids is 2. The number of benzene rings is 2. The molecule has 0 spiro atoms. The standard InChI is InChI=1S/C26H30FN3O3/c27-20-6-4-19(5-7-20)23-18-24(31)30(23)26(12-2-1-3-13-26)25(32)28-21-8-10-22(11-9-21)29-14-16-33-17-15-29/h4-11,23H,1-3,12-18H2,(H,28,32). The predicted molar refractivity (Wildman–Crippen MR) is 125 cm³/mol. The molecule has 0 bridgehead atoms. The van der Waals surface area contributed by atoms with Gasteiger partial charge in [-0.15, -0.1) is 0 Å². The first-order chi connectivity index (χ1) is 16.1. The fourth-order valence-corrected chi connectivity index (χ4v) is 5.44. The van der Waals surface area contributed by atoms with E-state index in [0.717, 1.165) is 62.5 Å². The topological polar surface area (TPSA) is 61.9 Å². The smallest absolute Gasteiger partial charge is 0.250 e. The summed E-state index contributed by atoms with van der Waals surface area (Å²) in [4.78, 5) is 30.6. The molecule has 2 aromatic rings. The molecule has 174 valence electrons. The summed E-state index contributed by atoms with van der Waals surface area (Å²) in [7, 11) is 0. The first-order valence-corrected chi connectivity index (χ1v) is 11.9.